The highest BCUT2D eigenvalue weighted by atomic mass is 19.4. The topological polar surface area (TPSA) is 0 Å². The molecule has 0 aromatic heterocycles. The van der Waals surface area contributed by atoms with Crippen LogP contribution in [0.25, 0.3) is 0 Å². The van der Waals surface area contributed by atoms with Gasteiger partial charge in [0.25, 0.3) is 0 Å². The van der Waals surface area contributed by atoms with E-state index in [4.69, 9.17) is 0 Å². The predicted molar refractivity (Wildman–Crippen MR) is 30.7 cm³/mol. The summed E-state index contributed by atoms with van der Waals surface area (Å²) in [5.41, 5.74) is 0. The van der Waals surface area contributed by atoms with Gasteiger partial charge < -0.3 is 0 Å². The first-order valence-corrected chi connectivity index (χ1v) is 3.52. The zero-order valence-electron chi connectivity index (χ0n) is 7.54. The van der Waals surface area contributed by atoms with Crippen molar-refractivity contribution < 1.29 is 52.7 Å². The Bertz CT molecular complexity index is 287. The molecule has 0 aromatic carbocycles. The highest BCUT2D eigenvalue weighted by Gasteiger charge is 2.82. The van der Waals surface area contributed by atoms with Crippen LogP contribution < -0.4 is 0 Å². The summed E-state index contributed by atoms with van der Waals surface area (Å²) in [4.78, 5) is 0. The third-order valence-electron chi connectivity index (χ3n) is 1.55. The van der Waals surface area contributed by atoms with E-state index in [1.807, 2.05) is 0 Å². The van der Waals surface area contributed by atoms with Gasteiger partial charge >= 0.3 is 36.5 Å². The van der Waals surface area contributed by atoms with E-state index in [1.165, 1.54) is 0 Å². The minimum Gasteiger partial charge on any atom is -0.222 e. The molecule has 0 amide bonds. The van der Waals surface area contributed by atoms with Crippen molar-refractivity contribution in [2.45, 2.75) is 23.9 Å². The predicted octanol–water partition coefficient (Wildman–Crippen LogP) is 4.38. The van der Waals surface area contributed by atoms with E-state index in [0.29, 0.717) is 0 Å². The van der Waals surface area contributed by atoms with Crippen molar-refractivity contribution in [1.82, 2.24) is 0 Å². The van der Waals surface area contributed by atoms with Crippen LogP contribution in [0.2, 0.25) is 0 Å². The van der Waals surface area contributed by atoms with Crippen molar-refractivity contribution in [3.8, 4) is 0 Å². The van der Waals surface area contributed by atoms with Gasteiger partial charge in [0.2, 0.25) is 0 Å². The largest absolute Gasteiger partial charge is 0.432 e. The first-order valence-electron chi connectivity index (χ1n) is 3.52. The molecule has 0 nitrogen and oxygen atoms in total. The second-order valence-corrected chi connectivity index (χ2v) is 2.80. The van der Waals surface area contributed by atoms with Gasteiger partial charge in [-0.25, -0.2) is 4.39 Å². The summed E-state index contributed by atoms with van der Waals surface area (Å²) in [6.07, 6.45) is -16.1. The molecule has 0 N–H and O–H groups in total. The average molecular weight is 300 g/mol. The Kier molecular flexibility index (Phi) is 4.16. The molecule has 12 heteroatoms. The number of hydrogen-bond donors (Lipinski definition) is 0. The number of halogens is 12. The van der Waals surface area contributed by atoms with Crippen molar-refractivity contribution in [2.75, 3.05) is 0 Å². The Morgan fingerprint density at radius 2 is 0.889 bits per heavy atom. The van der Waals surface area contributed by atoms with Crippen molar-refractivity contribution in [3.63, 3.8) is 0 Å². The van der Waals surface area contributed by atoms with Crippen molar-refractivity contribution >= 4 is 0 Å². The van der Waals surface area contributed by atoms with Crippen molar-refractivity contribution in [1.29, 1.82) is 0 Å². The fourth-order valence-electron chi connectivity index (χ4n) is 0.632. The van der Waals surface area contributed by atoms with Crippen LogP contribution in [-0.2, 0) is 0 Å². The summed E-state index contributed by atoms with van der Waals surface area (Å²) >= 11 is 0. The van der Waals surface area contributed by atoms with E-state index in [0.717, 1.165) is 0 Å². The number of alkyl halides is 9. The van der Waals surface area contributed by atoms with Crippen LogP contribution in [0.1, 0.15) is 0 Å². The molecule has 0 aliphatic carbocycles. The van der Waals surface area contributed by atoms with E-state index in [1.54, 1.807) is 0 Å². The first kappa shape index (κ1) is 17.2. The summed E-state index contributed by atoms with van der Waals surface area (Å²) in [5.74, 6) is -21.4. The van der Waals surface area contributed by atoms with E-state index in [2.05, 4.69) is 0 Å². The number of hydrogen-bond acceptors (Lipinski definition) is 0. The molecule has 0 aromatic rings. The Hall–Kier alpha value is -0.840. The second-order valence-electron chi connectivity index (χ2n) is 2.80. The van der Waals surface area contributed by atoms with Crippen LogP contribution in [0.5, 0.6) is 0 Å². The fourth-order valence-corrected chi connectivity index (χ4v) is 0.632. The van der Waals surface area contributed by atoms with Gasteiger partial charge in [-0.1, -0.05) is 0 Å². The lowest BCUT2D eigenvalue weighted by atomic mass is 10.0. The first-order chi connectivity index (χ1) is 7.60. The fraction of sp³-hybridized carbons (Fsp3) is 0.667. The summed E-state index contributed by atoms with van der Waals surface area (Å²) in [6.45, 7) is 0. The molecule has 0 aliphatic rings. The molecule has 0 rings (SSSR count). The van der Waals surface area contributed by atoms with Crippen LogP contribution >= 0.6 is 0 Å². The SMILES string of the molecule is F[C](F)C(F)(F)C(F)(F)C(F)(F)[C](F)C(F)(F)F. The summed E-state index contributed by atoms with van der Waals surface area (Å²) in [7, 11) is 0. The van der Waals surface area contributed by atoms with Crippen LogP contribution in [0.4, 0.5) is 52.7 Å². The third-order valence-corrected chi connectivity index (χ3v) is 1.55. The van der Waals surface area contributed by atoms with Crippen LogP contribution in [0, 0.1) is 12.6 Å². The lowest BCUT2D eigenvalue weighted by Gasteiger charge is -2.33. The van der Waals surface area contributed by atoms with E-state index >= 15 is 0 Å². The van der Waals surface area contributed by atoms with Crippen LogP contribution in [-0.4, -0.2) is 23.9 Å². The molecule has 0 saturated carbocycles. The highest BCUT2D eigenvalue weighted by Crippen LogP contribution is 2.57. The zero-order chi connectivity index (χ0) is 15.2. The molecule has 108 valence electrons. The molecule has 0 unspecified atom stereocenters. The van der Waals surface area contributed by atoms with E-state index < -0.39 is 36.5 Å². The summed E-state index contributed by atoms with van der Waals surface area (Å²) in [5, 5.41) is 0. The van der Waals surface area contributed by atoms with Gasteiger partial charge in [-0.2, -0.15) is 48.3 Å². The summed E-state index contributed by atoms with van der Waals surface area (Å²) < 4.78 is 142. The Morgan fingerprint density at radius 1 is 0.556 bits per heavy atom. The number of rotatable bonds is 4. The Morgan fingerprint density at radius 3 is 1.11 bits per heavy atom. The quantitative estimate of drug-likeness (QED) is 0.676. The Labute approximate surface area is 90.6 Å². The summed E-state index contributed by atoms with van der Waals surface area (Å²) in [6, 6.07) is 0. The molecule has 2 radical (unpaired) electrons. The monoisotopic (exact) mass is 300 g/mol. The minimum absolute atomic E-state index is 4.58. The van der Waals surface area contributed by atoms with Gasteiger partial charge in [-0.15, -0.1) is 0 Å². The molecule has 0 aliphatic heterocycles. The van der Waals surface area contributed by atoms with Crippen LogP contribution in [0.15, 0.2) is 0 Å². The van der Waals surface area contributed by atoms with Crippen LogP contribution in [0.3, 0.4) is 0 Å². The van der Waals surface area contributed by atoms with Gasteiger partial charge in [-0.05, 0) is 0 Å². The lowest BCUT2D eigenvalue weighted by Crippen LogP contribution is -2.59. The molecular formula is C6F12. The van der Waals surface area contributed by atoms with Crippen molar-refractivity contribution in [3.05, 3.63) is 12.6 Å². The van der Waals surface area contributed by atoms with Gasteiger partial charge in [0, 0.05) is 0 Å². The molecule has 0 fully saturated rings. The molecular weight excluding hydrogens is 300 g/mol. The zero-order valence-corrected chi connectivity index (χ0v) is 7.54. The third kappa shape index (κ3) is 2.46. The molecule has 0 saturated heterocycles. The van der Waals surface area contributed by atoms with Gasteiger partial charge in [0.15, 0.2) is 0 Å². The maximum atomic E-state index is 12.2. The molecule has 0 bridgehead atoms. The molecule has 0 atom stereocenters. The van der Waals surface area contributed by atoms with Gasteiger partial charge in [-0.3, -0.25) is 0 Å². The Balaban J connectivity index is 5.60. The average Bonchev–Trinajstić information content (AvgIpc) is 2.14. The maximum absolute atomic E-state index is 12.2. The standard InChI is InChI=1S/C6F12/c7-1(5(14,15)16)3(10,11)6(17,18)4(12,13)2(8)9. The normalized spacial score (nSPS) is 15.7. The van der Waals surface area contributed by atoms with Gasteiger partial charge in [0.05, 0.1) is 0 Å². The van der Waals surface area contributed by atoms with E-state index in [9.17, 15) is 52.7 Å². The van der Waals surface area contributed by atoms with Gasteiger partial charge in [0.1, 0.15) is 0 Å². The smallest absolute Gasteiger partial charge is 0.222 e. The second kappa shape index (κ2) is 4.37. The highest BCUT2D eigenvalue weighted by molar-refractivity contribution is 5.14. The maximum Gasteiger partial charge on any atom is 0.432 e. The minimum atomic E-state index is -7.29. The lowest BCUT2D eigenvalue weighted by molar-refractivity contribution is -0.335. The molecule has 18 heavy (non-hydrogen) atoms. The van der Waals surface area contributed by atoms with Crippen molar-refractivity contribution in [2.24, 2.45) is 0 Å². The molecule has 0 heterocycles. The van der Waals surface area contributed by atoms with E-state index in [-0.39, 0.29) is 0 Å². The molecule has 0 spiro atoms.